The molecule has 0 aromatic rings. The van der Waals surface area contributed by atoms with Gasteiger partial charge in [-0.1, -0.05) is 255 Å². The third-order valence-electron chi connectivity index (χ3n) is 13.7. The Hall–Kier alpha value is -2.89. The summed E-state index contributed by atoms with van der Waals surface area (Å²) < 4.78 is 16.9. The van der Waals surface area contributed by atoms with Gasteiger partial charge in [-0.2, -0.15) is 0 Å². The van der Waals surface area contributed by atoms with Crippen LogP contribution in [0.25, 0.3) is 0 Å². The highest BCUT2D eigenvalue weighted by molar-refractivity contribution is 5.71. The van der Waals surface area contributed by atoms with E-state index in [9.17, 15) is 14.4 Å². The average molecular weight is 1010 g/mol. The maximum atomic E-state index is 12.9. The first kappa shape index (κ1) is 69.1. The van der Waals surface area contributed by atoms with Gasteiger partial charge in [0.1, 0.15) is 13.2 Å². The van der Waals surface area contributed by atoms with Crippen molar-refractivity contribution in [1.29, 1.82) is 0 Å². The molecule has 0 aliphatic heterocycles. The second-order valence-corrected chi connectivity index (χ2v) is 21.0. The van der Waals surface area contributed by atoms with E-state index in [1.165, 1.54) is 199 Å². The number of rotatable bonds is 57. The predicted octanol–water partition coefficient (Wildman–Crippen LogP) is 21.2. The summed E-state index contributed by atoms with van der Waals surface area (Å²) in [6, 6.07) is 0. The summed E-state index contributed by atoms with van der Waals surface area (Å²) in [7, 11) is 0. The number of unbranched alkanes of at least 4 members (excludes halogenated alkanes) is 36. The molecule has 0 fully saturated rings. The van der Waals surface area contributed by atoms with Crippen LogP contribution in [0.1, 0.15) is 323 Å². The minimum absolute atomic E-state index is 0.0814. The van der Waals surface area contributed by atoms with Crippen molar-refractivity contribution >= 4 is 17.9 Å². The van der Waals surface area contributed by atoms with Crippen LogP contribution in [-0.4, -0.2) is 37.2 Å². The molecule has 6 heteroatoms. The lowest BCUT2D eigenvalue weighted by Crippen LogP contribution is -2.30. The summed E-state index contributed by atoms with van der Waals surface area (Å²) >= 11 is 0. The number of carbonyl (C=O) groups excluding carboxylic acids is 3. The highest BCUT2D eigenvalue weighted by Gasteiger charge is 2.19. The normalized spacial score (nSPS) is 12.4. The number of ether oxygens (including phenoxy) is 3. The van der Waals surface area contributed by atoms with E-state index < -0.39 is 6.10 Å². The minimum atomic E-state index is -0.785. The summed E-state index contributed by atoms with van der Waals surface area (Å²) in [5.74, 6) is -0.889. The topological polar surface area (TPSA) is 78.9 Å². The van der Waals surface area contributed by atoms with Gasteiger partial charge in [-0.3, -0.25) is 14.4 Å². The molecule has 1 unspecified atom stereocenters. The summed E-state index contributed by atoms with van der Waals surface area (Å²) in [6.45, 7) is 6.62. The number of esters is 3. The molecule has 0 saturated heterocycles. The molecule has 418 valence electrons. The molecule has 0 aromatic heterocycles. The molecule has 1 atom stereocenters. The van der Waals surface area contributed by atoms with Gasteiger partial charge in [0.15, 0.2) is 6.10 Å². The lowest BCUT2D eigenvalue weighted by Gasteiger charge is -2.18. The van der Waals surface area contributed by atoms with Crippen LogP contribution in [0.2, 0.25) is 0 Å². The van der Waals surface area contributed by atoms with Crippen LogP contribution >= 0.6 is 0 Å². The number of hydrogen-bond donors (Lipinski definition) is 0. The Morgan fingerprint density at radius 1 is 0.278 bits per heavy atom. The Kier molecular flexibility index (Phi) is 58.2. The summed E-state index contributed by atoms with van der Waals surface area (Å²) in [5, 5.41) is 0. The molecular weight excluding hydrogens is 889 g/mol. The predicted molar refractivity (Wildman–Crippen MR) is 312 cm³/mol. The molecule has 0 aliphatic rings. The fraction of sp³-hybridized carbons (Fsp3) is 0.803. The fourth-order valence-electron chi connectivity index (χ4n) is 8.97. The fourth-order valence-corrected chi connectivity index (χ4v) is 8.97. The van der Waals surface area contributed by atoms with Gasteiger partial charge in [-0.05, 0) is 109 Å². The Balaban J connectivity index is 4.37. The van der Waals surface area contributed by atoms with Gasteiger partial charge in [0.25, 0.3) is 0 Å². The Morgan fingerprint density at radius 3 is 0.806 bits per heavy atom. The molecule has 0 aromatic carbocycles. The van der Waals surface area contributed by atoms with E-state index in [0.29, 0.717) is 19.3 Å². The number of carbonyl (C=O) groups is 3. The van der Waals surface area contributed by atoms with Gasteiger partial charge in [-0.25, -0.2) is 0 Å². The molecule has 0 radical (unpaired) electrons. The highest BCUT2D eigenvalue weighted by atomic mass is 16.6. The Morgan fingerprint density at radius 2 is 0.500 bits per heavy atom. The molecule has 0 N–H and O–H groups in total. The molecule has 6 nitrogen and oxygen atoms in total. The van der Waals surface area contributed by atoms with E-state index >= 15 is 0 Å². The van der Waals surface area contributed by atoms with Crippen molar-refractivity contribution < 1.29 is 28.6 Å². The van der Waals surface area contributed by atoms with Gasteiger partial charge < -0.3 is 14.2 Å². The molecule has 0 aliphatic carbocycles. The quantitative estimate of drug-likeness (QED) is 0.0261. The largest absolute Gasteiger partial charge is 0.462 e. The van der Waals surface area contributed by atoms with Crippen LogP contribution in [0, 0.1) is 0 Å². The smallest absolute Gasteiger partial charge is 0.306 e. The second kappa shape index (κ2) is 60.7. The van der Waals surface area contributed by atoms with Crippen LogP contribution in [0.3, 0.4) is 0 Å². The Bertz CT molecular complexity index is 1290. The first-order valence-electron chi connectivity index (χ1n) is 31.3. The summed E-state index contributed by atoms with van der Waals surface area (Å²) in [4.78, 5) is 38.3. The van der Waals surface area contributed by atoms with Gasteiger partial charge in [0.05, 0.1) is 0 Å². The van der Waals surface area contributed by atoms with Crippen molar-refractivity contribution in [3.8, 4) is 0 Å². The maximum absolute atomic E-state index is 12.9. The zero-order valence-electron chi connectivity index (χ0n) is 47.9. The van der Waals surface area contributed by atoms with Crippen LogP contribution < -0.4 is 0 Å². The highest BCUT2D eigenvalue weighted by Crippen LogP contribution is 2.16. The lowest BCUT2D eigenvalue weighted by molar-refractivity contribution is -0.167. The van der Waals surface area contributed by atoms with E-state index in [1.54, 1.807) is 0 Å². The van der Waals surface area contributed by atoms with Gasteiger partial charge in [0, 0.05) is 19.3 Å². The SMILES string of the molecule is CCCCC/C=C\C/C=C\CCCCCCCC(=O)OCC(COC(=O)CCCCCCCCCCC/C=C\C/C=C\CCCCCCC)OC(=O)CCCCCCCCC/C=C\CCCCCCCCC. The maximum Gasteiger partial charge on any atom is 0.306 e. The van der Waals surface area contributed by atoms with Crippen molar-refractivity contribution in [2.24, 2.45) is 0 Å². The number of hydrogen-bond acceptors (Lipinski definition) is 6. The van der Waals surface area contributed by atoms with Crippen molar-refractivity contribution in [3.05, 3.63) is 60.8 Å². The van der Waals surface area contributed by atoms with E-state index in [2.05, 4.69) is 81.5 Å². The van der Waals surface area contributed by atoms with E-state index in [0.717, 1.165) is 83.5 Å². The molecule has 72 heavy (non-hydrogen) atoms. The van der Waals surface area contributed by atoms with Gasteiger partial charge >= 0.3 is 17.9 Å². The lowest BCUT2D eigenvalue weighted by atomic mass is 10.1. The van der Waals surface area contributed by atoms with Crippen molar-refractivity contribution in [1.82, 2.24) is 0 Å². The van der Waals surface area contributed by atoms with E-state index in [1.807, 2.05) is 0 Å². The van der Waals surface area contributed by atoms with Crippen molar-refractivity contribution in [2.75, 3.05) is 13.2 Å². The van der Waals surface area contributed by atoms with E-state index in [4.69, 9.17) is 14.2 Å². The van der Waals surface area contributed by atoms with Crippen LogP contribution in [-0.2, 0) is 28.6 Å². The van der Waals surface area contributed by atoms with Crippen molar-refractivity contribution in [3.63, 3.8) is 0 Å². The van der Waals surface area contributed by atoms with Crippen LogP contribution in [0.5, 0.6) is 0 Å². The summed E-state index contributed by atoms with van der Waals surface area (Å²) in [5.41, 5.74) is 0. The molecular formula is C66H118O6. The average Bonchev–Trinajstić information content (AvgIpc) is 3.38. The van der Waals surface area contributed by atoms with Crippen LogP contribution in [0.15, 0.2) is 60.8 Å². The third-order valence-corrected chi connectivity index (χ3v) is 13.7. The van der Waals surface area contributed by atoms with Gasteiger partial charge in [-0.15, -0.1) is 0 Å². The summed E-state index contributed by atoms with van der Waals surface area (Å²) in [6.07, 6.45) is 76.4. The van der Waals surface area contributed by atoms with Crippen LogP contribution in [0.4, 0.5) is 0 Å². The molecule has 0 amide bonds. The third kappa shape index (κ3) is 58.0. The molecule has 0 spiro atoms. The second-order valence-electron chi connectivity index (χ2n) is 21.0. The molecule has 0 saturated carbocycles. The minimum Gasteiger partial charge on any atom is -0.462 e. The van der Waals surface area contributed by atoms with Gasteiger partial charge in [0.2, 0.25) is 0 Å². The molecule has 0 bridgehead atoms. The van der Waals surface area contributed by atoms with Crippen molar-refractivity contribution in [2.45, 2.75) is 329 Å². The first-order valence-corrected chi connectivity index (χ1v) is 31.3. The monoisotopic (exact) mass is 1010 g/mol. The zero-order chi connectivity index (χ0) is 52.2. The standard InChI is InChI=1S/C66H118O6/c1-4-7-10-13-16-19-22-25-28-30-32-33-34-36-38-41-44-47-50-53-56-59-65(68)71-62-63(61-70-64(67)58-55-52-49-46-43-40-37-27-24-21-18-15-12-9-6-3)72-66(69)60-57-54-51-48-45-42-39-35-31-29-26-23-20-17-14-11-8-5-2/h18,21-22,25,27,29-32,37,63H,4-17,19-20,23-24,26,28,33-36,38-62H2,1-3H3/b21-18-,25-22-,31-29-,32-30-,37-27-. The zero-order valence-corrected chi connectivity index (χ0v) is 47.9. The molecule has 0 heterocycles. The van der Waals surface area contributed by atoms with E-state index in [-0.39, 0.29) is 31.1 Å². The molecule has 0 rings (SSSR count). The number of allylic oxidation sites excluding steroid dienone is 10. The first-order chi connectivity index (χ1) is 35.5. The Labute approximate surface area is 447 Å².